The third-order valence-corrected chi connectivity index (χ3v) is 2.50. The summed E-state index contributed by atoms with van der Waals surface area (Å²) in [6, 6.07) is 5.66. The number of hydrogen-bond acceptors (Lipinski definition) is 3. The molecule has 98 valence electrons. The fraction of sp³-hybridized carbons (Fsp3) is 0.429. The van der Waals surface area contributed by atoms with Crippen molar-refractivity contribution in [3.05, 3.63) is 42.2 Å². The largest absolute Gasteiger partial charge is 0.349 e. The summed E-state index contributed by atoms with van der Waals surface area (Å²) in [5, 5.41) is 2.86. The lowest BCUT2D eigenvalue weighted by molar-refractivity contribution is -0.122. The molecule has 1 heterocycles. The van der Waals surface area contributed by atoms with Gasteiger partial charge in [0.1, 0.15) is 0 Å². The van der Waals surface area contributed by atoms with Crippen LogP contribution in [0.15, 0.2) is 36.5 Å². The number of carbonyl (C=O) groups excluding carboxylic acids is 1. The zero-order chi connectivity index (χ0) is 13.4. The molecule has 0 saturated heterocycles. The summed E-state index contributed by atoms with van der Waals surface area (Å²) < 4.78 is 0. The van der Waals surface area contributed by atoms with E-state index in [9.17, 15) is 4.79 Å². The van der Waals surface area contributed by atoms with E-state index < -0.39 is 0 Å². The summed E-state index contributed by atoms with van der Waals surface area (Å²) in [6.07, 6.45) is 1.72. The van der Waals surface area contributed by atoms with Crippen molar-refractivity contribution >= 4 is 5.91 Å². The van der Waals surface area contributed by atoms with Crippen molar-refractivity contribution in [2.24, 2.45) is 0 Å². The van der Waals surface area contributed by atoms with E-state index in [1.165, 1.54) is 0 Å². The molecule has 0 aliphatic carbocycles. The first kappa shape index (κ1) is 14.4. The summed E-state index contributed by atoms with van der Waals surface area (Å²) >= 11 is 0. The van der Waals surface area contributed by atoms with Crippen molar-refractivity contribution in [1.82, 2.24) is 15.2 Å². The number of nitrogens with one attached hydrogen (secondary N) is 1. The molecule has 0 aliphatic heterocycles. The average molecular weight is 247 g/mol. The quantitative estimate of drug-likeness (QED) is 0.744. The Morgan fingerprint density at radius 3 is 2.78 bits per heavy atom. The van der Waals surface area contributed by atoms with E-state index in [2.05, 4.69) is 21.8 Å². The highest BCUT2D eigenvalue weighted by Crippen LogP contribution is 1.96. The number of carbonyl (C=O) groups is 1. The van der Waals surface area contributed by atoms with Crippen molar-refractivity contribution in [3.8, 4) is 0 Å². The number of hydrogen-bond donors (Lipinski definition) is 1. The number of nitrogens with zero attached hydrogens (tertiary/aromatic N) is 2. The first-order chi connectivity index (χ1) is 8.61. The summed E-state index contributed by atoms with van der Waals surface area (Å²) in [5.74, 6) is 0.0174. The third-order valence-electron chi connectivity index (χ3n) is 2.50. The molecule has 4 nitrogen and oxygen atoms in total. The van der Waals surface area contributed by atoms with Gasteiger partial charge in [-0.1, -0.05) is 25.1 Å². The van der Waals surface area contributed by atoms with Crippen molar-refractivity contribution < 1.29 is 4.79 Å². The second-order valence-electron chi connectivity index (χ2n) is 4.36. The highest BCUT2D eigenvalue weighted by molar-refractivity contribution is 5.77. The van der Waals surface area contributed by atoms with Gasteiger partial charge in [-0.25, -0.2) is 0 Å². The molecule has 0 unspecified atom stereocenters. The van der Waals surface area contributed by atoms with Crippen LogP contribution in [-0.2, 0) is 11.3 Å². The number of pyridine rings is 1. The molecule has 1 aromatic rings. The molecular weight excluding hydrogens is 226 g/mol. The van der Waals surface area contributed by atoms with Gasteiger partial charge in [-0.15, -0.1) is 0 Å². The highest BCUT2D eigenvalue weighted by Gasteiger charge is 2.08. The minimum absolute atomic E-state index is 0.0174. The van der Waals surface area contributed by atoms with E-state index in [0.717, 1.165) is 24.4 Å². The Hall–Kier alpha value is -1.68. The van der Waals surface area contributed by atoms with Crippen LogP contribution in [0.3, 0.4) is 0 Å². The molecule has 1 aromatic heterocycles. The maximum Gasteiger partial charge on any atom is 0.234 e. The van der Waals surface area contributed by atoms with E-state index in [1.54, 1.807) is 6.20 Å². The van der Waals surface area contributed by atoms with Crippen molar-refractivity contribution in [2.45, 2.75) is 20.4 Å². The minimum atomic E-state index is 0.0174. The monoisotopic (exact) mass is 247 g/mol. The van der Waals surface area contributed by atoms with Crippen LogP contribution >= 0.6 is 0 Å². The zero-order valence-corrected chi connectivity index (χ0v) is 11.1. The van der Waals surface area contributed by atoms with Crippen molar-refractivity contribution in [3.63, 3.8) is 0 Å². The molecule has 0 radical (unpaired) electrons. The predicted molar refractivity (Wildman–Crippen MR) is 73.0 cm³/mol. The first-order valence-electron chi connectivity index (χ1n) is 6.15. The van der Waals surface area contributed by atoms with Gasteiger partial charge in [0, 0.05) is 12.7 Å². The van der Waals surface area contributed by atoms with Crippen LogP contribution in [0.2, 0.25) is 0 Å². The second kappa shape index (κ2) is 7.61. The lowest BCUT2D eigenvalue weighted by atomic mass is 10.3. The van der Waals surface area contributed by atoms with Gasteiger partial charge in [0.05, 0.1) is 18.8 Å². The van der Waals surface area contributed by atoms with Crippen LogP contribution in [0, 0.1) is 0 Å². The SMILES string of the molecule is C=C(C)CN(CC)CC(=O)NCc1ccccn1. The van der Waals surface area contributed by atoms with Crippen molar-refractivity contribution in [1.29, 1.82) is 0 Å². The third kappa shape index (κ3) is 5.59. The molecule has 0 fully saturated rings. The average Bonchev–Trinajstić information content (AvgIpc) is 2.36. The van der Waals surface area contributed by atoms with Crippen LogP contribution in [0.4, 0.5) is 0 Å². The van der Waals surface area contributed by atoms with Gasteiger partial charge in [-0.2, -0.15) is 0 Å². The van der Waals surface area contributed by atoms with Gasteiger partial charge < -0.3 is 5.32 Å². The van der Waals surface area contributed by atoms with Gasteiger partial charge in [0.25, 0.3) is 0 Å². The van der Waals surface area contributed by atoms with Gasteiger partial charge in [-0.3, -0.25) is 14.7 Å². The van der Waals surface area contributed by atoms with Crippen LogP contribution in [0.25, 0.3) is 0 Å². The number of rotatable bonds is 7. The maximum atomic E-state index is 11.8. The van der Waals surface area contributed by atoms with E-state index >= 15 is 0 Å². The molecule has 0 bridgehead atoms. The van der Waals surface area contributed by atoms with Crippen molar-refractivity contribution in [2.75, 3.05) is 19.6 Å². The Kier molecular flexibility index (Phi) is 6.08. The summed E-state index contributed by atoms with van der Waals surface area (Å²) in [6.45, 7) is 10.3. The number of aromatic nitrogens is 1. The van der Waals surface area contributed by atoms with Crippen LogP contribution in [0.5, 0.6) is 0 Å². The molecule has 0 spiro atoms. The molecule has 1 amide bonds. The Balaban J connectivity index is 2.34. The lowest BCUT2D eigenvalue weighted by Gasteiger charge is -2.19. The Morgan fingerprint density at radius 1 is 1.44 bits per heavy atom. The van der Waals surface area contributed by atoms with E-state index in [-0.39, 0.29) is 5.91 Å². The van der Waals surface area contributed by atoms with E-state index in [4.69, 9.17) is 0 Å². The van der Waals surface area contributed by atoms with E-state index in [1.807, 2.05) is 32.0 Å². The van der Waals surface area contributed by atoms with Crippen LogP contribution in [0.1, 0.15) is 19.5 Å². The highest BCUT2D eigenvalue weighted by atomic mass is 16.2. The molecule has 0 atom stereocenters. The molecule has 1 rings (SSSR count). The summed E-state index contributed by atoms with van der Waals surface area (Å²) in [4.78, 5) is 18.0. The normalized spacial score (nSPS) is 10.4. The fourth-order valence-electron chi connectivity index (χ4n) is 1.61. The topological polar surface area (TPSA) is 45.2 Å². The van der Waals surface area contributed by atoms with Crippen LogP contribution in [-0.4, -0.2) is 35.4 Å². The molecule has 1 N–H and O–H groups in total. The minimum Gasteiger partial charge on any atom is -0.349 e. The standard InChI is InChI=1S/C14H21N3O/c1-4-17(10-12(2)3)11-14(18)16-9-13-7-5-6-8-15-13/h5-8H,2,4,9-11H2,1,3H3,(H,16,18). The number of amides is 1. The number of likely N-dealkylation sites (N-methyl/N-ethyl adjacent to an activating group) is 1. The smallest absolute Gasteiger partial charge is 0.234 e. The Bertz CT molecular complexity index is 389. The second-order valence-corrected chi connectivity index (χ2v) is 4.36. The molecule has 18 heavy (non-hydrogen) atoms. The van der Waals surface area contributed by atoms with Gasteiger partial charge >= 0.3 is 0 Å². The molecule has 0 saturated carbocycles. The first-order valence-corrected chi connectivity index (χ1v) is 6.15. The van der Waals surface area contributed by atoms with Gasteiger partial charge in [-0.05, 0) is 25.6 Å². The van der Waals surface area contributed by atoms with Crippen LogP contribution < -0.4 is 5.32 Å². The summed E-state index contributed by atoms with van der Waals surface area (Å²) in [5.41, 5.74) is 1.93. The zero-order valence-electron chi connectivity index (χ0n) is 11.1. The fourth-order valence-corrected chi connectivity index (χ4v) is 1.61. The lowest BCUT2D eigenvalue weighted by Crippen LogP contribution is -2.37. The van der Waals surface area contributed by atoms with Gasteiger partial charge in [0.15, 0.2) is 0 Å². The predicted octanol–water partition coefficient (Wildman–Crippen LogP) is 1.60. The molecule has 0 aromatic carbocycles. The molecular formula is C14H21N3O. The summed E-state index contributed by atoms with van der Waals surface area (Å²) in [7, 11) is 0. The molecule has 4 heteroatoms. The Morgan fingerprint density at radius 2 is 2.22 bits per heavy atom. The van der Waals surface area contributed by atoms with Gasteiger partial charge in [0.2, 0.25) is 5.91 Å². The maximum absolute atomic E-state index is 11.8. The Labute approximate surface area is 109 Å². The molecule has 0 aliphatic rings. The van der Waals surface area contributed by atoms with E-state index in [0.29, 0.717) is 13.1 Å².